The van der Waals surface area contributed by atoms with Crippen LogP contribution in [0.25, 0.3) is 0 Å². The standard InChI is InChI=1S/C9H13N3O3S/c1-6(7-2-3-15-5-7)11-9-10-4-8(16-9)12(13)14/h4,6-7H,2-3,5H2,1H3,(H,10,11). The van der Waals surface area contributed by atoms with E-state index in [1.54, 1.807) is 0 Å². The van der Waals surface area contributed by atoms with E-state index >= 15 is 0 Å². The zero-order valence-corrected chi connectivity index (χ0v) is 9.70. The van der Waals surface area contributed by atoms with E-state index in [0.717, 1.165) is 31.0 Å². The Kier molecular flexibility index (Phi) is 3.35. The summed E-state index contributed by atoms with van der Waals surface area (Å²) in [5, 5.41) is 14.3. The molecular weight excluding hydrogens is 230 g/mol. The molecule has 6 nitrogen and oxygen atoms in total. The third-order valence-electron chi connectivity index (χ3n) is 2.70. The van der Waals surface area contributed by atoms with Gasteiger partial charge in [-0.1, -0.05) is 0 Å². The quantitative estimate of drug-likeness (QED) is 0.645. The molecule has 1 aliphatic rings. The monoisotopic (exact) mass is 243 g/mol. The largest absolute Gasteiger partial charge is 0.381 e. The van der Waals surface area contributed by atoms with E-state index in [-0.39, 0.29) is 11.0 Å². The number of nitrogens with zero attached hydrogens (tertiary/aromatic N) is 2. The van der Waals surface area contributed by atoms with E-state index in [4.69, 9.17) is 4.74 Å². The van der Waals surface area contributed by atoms with Crippen molar-refractivity contribution in [2.75, 3.05) is 18.5 Å². The van der Waals surface area contributed by atoms with Crippen LogP contribution >= 0.6 is 11.3 Å². The van der Waals surface area contributed by atoms with Gasteiger partial charge in [-0.15, -0.1) is 0 Å². The van der Waals surface area contributed by atoms with Crippen LogP contribution in [0.15, 0.2) is 6.20 Å². The molecule has 1 aliphatic heterocycles. The predicted octanol–water partition coefficient (Wildman–Crippen LogP) is 1.89. The average molecular weight is 243 g/mol. The Hall–Kier alpha value is -1.21. The van der Waals surface area contributed by atoms with E-state index in [0.29, 0.717) is 11.0 Å². The van der Waals surface area contributed by atoms with Crippen molar-refractivity contribution in [2.24, 2.45) is 5.92 Å². The number of anilines is 1. The summed E-state index contributed by atoms with van der Waals surface area (Å²) in [5.74, 6) is 0.461. The lowest BCUT2D eigenvalue weighted by Gasteiger charge is -2.18. The number of aromatic nitrogens is 1. The maximum Gasteiger partial charge on any atom is 0.345 e. The van der Waals surface area contributed by atoms with Gasteiger partial charge in [0, 0.05) is 18.6 Å². The zero-order chi connectivity index (χ0) is 11.5. The van der Waals surface area contributed by atoms with Gasteiger partial charge >= 0.3 is 5.00 Å². The van der Waals surface area contributed by atoms with E-state index in [2.05, 4.69) is 10.3 Å². The maximum absolute atomic E-state index is 10.5. The summed E-state index contributed by atoms with van der Waals surface area (Å²) in [6.07, 6.45) is 2.31. The molecule has 2 rings (SSSR count). The fourth-order valence-corrected chi connectivity index (χ4v) is 2.40. The topological polar surface area (TPSA) is 77.3 Å². The molecule has 2 unspecified atom stereocenters. The first-order valence-electron chi connectivity index (χ1n) is 5.11. The molecule has 0 radical (unpaired) electrons. The van der Waals surface area contributed by atoms with Crippen LogP contribution in [0.5, 0.6) is 0 Å². The molecule has 1 aromatic heterocycles. The van der Waals surface area contributed by atoms with E-state index in [1.807, 2.05) is 6.92 Å². The summed E-state index contributed by atoms with van der Waals surface area (Å²) >= 11 is 1.07. The molecule has 2 heterocycles. The SMILES string of the molecule is CC(Nc1ncc([N+](=O)[O-])s1)C1CCOC1. The van der Waals surface area contributed by atoms with E-state index in [9.17, 15) is 10.1 Å². The van der Waals surface area contributed by atoms with Gasteiger partial charge in [-0.05, 0) is 24.7 Å². The van der Waals surface area contributed by atoms with Gasteiger partial charge in [0.25, 0.3) is 0 Å². The second-order valence-corrected chi connectivity index (χ2v) is 4.83. The molecule has 88 valence electrons. The lowest BCUT2D eigenvalue weighted by molar-refractivity contribution is -0.380. The van der Waals surface area contributed by atoms with Crippen molar-refractivity contribution in [3.05, 3.63) is 16.3 Å². The van der Waals surface area contributed by atoms with Crippen LogP contribution in [0.2, 0.25) is 0 Å². The Bertz CT molecular complexity index is 376. The van der Waals surface area contributed by atoms with Crippen molar-refractivity contribution in [3.63, 3.8) is 0 Å². The van der Waals surface area contributed by atoms with Crippen LogP contribution in [0.4, 0.5) is 10.1 Å². The van der Waals surface area contributed by atoms with Crippen molar-refractivity contribution in [3.8, 4) is 0 Å². The number of hydrogen-bond acceptors (Lipinski definition) is 6. The minimum Gasteiger partial charge on any atom is -0.381 e. The van der Waals surface area contributed by atoms with Crippen LogP contribution < -0.4 is 5.32 Å². The maximum atomic E-state index is 10.5. The molecule has 1 fully saturated rings. The van der Waals surface area contributed by atoms with Crippen molar-refractivity contribution in [1.29, 1.82) is 0 Å². The van der Waals surface area contributed by atoms with Gasteiger partial charge in [-0.3, -0.25) is 10.1 Å². The van der Waals surface area contributed by atoms with Gasteiger partial charge in [0.05, 0.1) is 11.5 Å². The van der Waals surface area contributed by atoms with Crippen molar-refractivity contribution in [1.82, 2.24) is 4.98 Å². The van der Waals surface area contributed by atoms with Crippen molar-refractivity contribution in [2.45, 2.75) is 19.4 Å². The molecular formula is C9H13N3O3S. The summed E-state index contributed by atoms with van der Waals surface area (Å²) in [6, 6.07) is 0.230. The van der Waals surface area contributed by atoms with Gasteiger partial charge in [0.2, 0.25) is 0 Å². The summed E-state index contributed by atoms with van der Waals surface area (Å²) in [7, 11) is 0. The number of thiazole rings is 1. The average Bonchev–Trinajstić information content (AvgIpc) is 2.87. The number of rotatable bonds is 4. The van der Waals surface area contributed by atoms with Gasteiger partial charge in [-0.2, -0.15) is 0 Å². The van der Waals surface area contributed by atoms with Crippen LogP contribution in [-0.4, -0.2) is 29.2 Å². The molecule has 1 aromatic rings. The highest BCUT2D eigenvalue weighted by Crippen LogP contribution is 2.27. The molecule has 0 bridgehead atoms. The Morgan fingerprint density at radius 3 is 3.19 bits per heavy atom. The number of ether oxygens (including phenoxy) is 1. The highest BCUT2D eigenvalue weighted by molar-refractivity contribution is 7.18. The highest BCUT2D eigenvalue weighted by Gasteiger charge is 2.23. The predicted molar refractivity (Wildman–Crippen MR) is 60.8 cm³/mol. The summed E-state index contributed by atoms with van der Waals surface area (Å²) in [5.41, 5.74) is 0. The highest BCUT2D eigenvalue weighted by atomic mass is 32.1. The van der Waals surface area contributed by atoms with Crippen molar-refractivity contribution < 1.29 is 9.66 Å². The first-order chi connectivity index (χ1) is 7.66. The molecule has 0 aromatic carbocycles. The van der Waals surface area contributed by atoms with Gasteiger partial charge in [-0.25, -0.2) is 4.98 Å². The Labute approximate surface area is 96.8 Å². The Balaban J connectivity index is 1.94. The molecule has 0 saturated carbocycles. The van der Waals surface area contributed by atoms with Crippen LogP contribution in [-0.2, 0) is 4.74 Å². The van der Waals surface area contributed by atoms with Gasteiger partial charge < -0.3 is 10.1 Å². The van der Waals surface area contributed by atoms with Crippen LogP contribution in [0, 0.1) is 16.0 Å². The lowest BCUT2D eigenvalue weighted by atomic mass is 10.0. The normalized spacial score (nSPS) is 21.9. The lowest BCUT2D eigenvalue weighted by Crippen LogP contribution is -2.25. The Morgan fingerprint density at radius 1 is 1.81 bits per heavy atom. The second kappa shape index (κ2) is 4.75. The first kappa shape index (κ1) is 11.3. The summed E-state index contributed by atoms with van der Waals surface area (Å²) < 4.78 is 5.29. The van der Waals surface area contributed by atoms with Crippen molar-refractivity contribution >= 4 is 21.5 Å². The van der Waals surface area contributed by atoms with E-state index < -0.39 is 4.92 Å². The fourth-order valence-electron chi connectivity index (χ4n) is 1.68. The number of nitro groups is 1. The smallest absolute Gasteiger partial charge is 0.345 e. The van der Waals surface area contributed by atoms with E-state index in [1.165, 1.54) is 6.20 Å². The summed E-state index contributed by atoms with van der Waals surface area (Å²) in [4.78, 5) is 14.0. The number of hydrogen-bond donors (Lipinski definition) is 1. The Morgan fingerprint density at radius 2 is 2.62 bits per heavy atom. The molecule has 7 heteroatoms. The van der Waals surface area contributed by atoms with Gasteiger partial charge in [0.15, 0.2) is 5.13 Å². The second-order valence-electron chi connectivity index (χ2n) is 3.82. The number of nitrogens with one attached hydrogen (secondary N) is 1. The van der Waals surface area contributed by atoms with Crippen LogP contribution in [0.1, 0.15) is 13.3 Å². The first-order valence-corrected chi connectivity index (χ1v) is 5.93. The summed E-state index contributed by atoms with van der Waals surface area (Å²) in [6.45, 7) is 3.60. The van der Waals surface area contributed by atoms with Crippen LogP contribution in [0.3, 0.4) is 0 Å². The molecule has 0 spiro atoms. The molecule has 0 amide bonds. The fraction of sp³-hybridized carbons (Fsp3) is 0.667. The zero-order valence-electron chi connectivity index (χ0n) is 8.88. The minimum atomic E-state index is -0.424. The third kappa shape index (κ3) is 2.48. The molecule has 1 saturated heterocycles. The minimum absolute atomic E-state index is 0.0670. The molecule has 16 heavy (non-hydrogen) atoms. The molecule has 1 N–H and O–H groups in total. The third-order valence-corrected chi connectivity index (χ3v) is 3.58. The molecule has 2 atom stereocenters. The van der Waals surface area contributed by atoms with Gasteiger partial charge in [0.1, 0.15) is 6.20 Å². The molecule has 0 aliphatic carbocycles.